The van der Waals surface area contributed by atoms with Gasteiger partial charge < -0.3 is 15.5 Å². The quantitative estimate of drug-likeness (QED) is 0.0437. The van der Waals surface area contributed by atoms with Crippen LogP contribution in [0.4, 0.5) is 0 Å². The molecule has 0 heterocycles. The Balaban J connectivity index is 3.63. The first-order chi connectivity index (χ1) is 25.7. The second-order valence-corrected chi connectivity index (χ2v) is 14.7. The van der Waals surface area contributed by atoms with Crippen LogP contribution in [0.25, 0.3) is 0 Å². The van der Waals surface area contributed by atoms with Gasteiger partial charge in [-0.3, -0.25) is 4.79 Å². The van der Waals surface area contributed by atoms with Crippen LogP contribution in [0.2, 0.25) is 0 Å². The highest BCUT2D eigenvalue weighted by Crippen LogP contribution is 2.14. The molecule has 0 saturated carbocycles. The molecule has 0 aromatic heterocycles. The van der Waals surface area contributed by atoms with Crippen LogP contribution in [0, 0.1) is 0 Å². The maximum Gasteiger partial charge on any atom is 0.220 e. The van der Waals surface area contributed by atoms with Crippen LogP contribution in [0.15, 0.2) is 72.9 Å². The fourth-order valence-electron chi connectivity index (χ4n) is 6.30. The van der Waals surface area contributed by atoms with Crippen LogP contribution >= 0.6 is 0 Å². The Labute approximate surface area is 323 Å². The van der Waals surface area contributed by atoms with Gasteiger partial charge in [0, 0.05) is 6.42 Å². The summed E-state index contributed by atoms with van der Waals surface area (Å²) in [7, 11) is 0. The van der Waals surface area contributed by atoms with Gasteiger partial charge in [0.25, 0.3) is 0 Å². The maximum absolute atomic E-state index is 12.4. The molecule has 3 N–H and O–H groups in total. The molecule has 4 heteroatoms. The van der Waals surface area contributed by atoms with Gasteiger partial charge in [0.05, 0.1) is 18.8 Å². The number of amides is 1. The Hall–Kier alpha value is -2.17. The molecule has 0 spiro atoms. The van der Waals surface area contributed by atoms with E-state index in [4.69, 9.17) is 0 Å². The number of aliphatic hydroxyl groups is 2. The first-order valence-electron chi connectivity index (χ1n) is 22.2. The molecule has 0 saturated heterocycles. The lowest BCUT2D eigenvalue weighted by Crippen LogP contribution is -2.45. The van der Waals surface area contributed by atoms with Crippen molar-refractivity contribution in [1.82, 2.24) is 5.32 Å². The van der Waals surface area contributed by atoms with E-state index >= 15 is 0 Å². The molecule has 300 valence electrons. The Bertz CT molecular complexity index is 915. The zero-order valence-electron chi connectivity index (χ0n) is 34.3. The lowest BCUT2D eigenvalue weighted by atomic mass is 10.0. The smallest absolute Gasteiger partial charge is 0.220 e. The Morgan fingerprint density at radius 2 is 0.865 bits per heavy atom. The molecule has 0 aliphatic rings. The summed E-state index contributed by atoms with van der Waals surface area (Å²) in [5, 5.41) is 23.0. The number of hydrogen-bond acceptors (Lipinski definition) is 3. The average Bonchev–Trinajstić information content (AvgIpc) is 3.15. The van der Waals surface area contributed by atoms with Crippen molar-refractivity contribution in [2.75, 3.05) is 6.61 Å². The molecule has 2 atom stereocenters. The van der Waals surface area contributed by atoms with Gasteiger partial charge in [-0.05, 0) is 70.6 Å². The third-order valence-corrected chi connectivity index (χ3v) is 9.67. The molecule has 52 heavy (non-hydrogen) atoms. The van der Waals surface area contributed by atoms with E-state index in [2.05, 4.69) is 79.9 Å². The highest BCUT2D eigenvalue weighted by molar-refractivity contribution is 5.76. The lowest BCUT2D eigenvalue weighted by Gasteiger charge is -2.19. The second kappa shape index (κ2) is 43.2. The summed E-state index contributed by atoms with van der Waals surface area (Å²) in [4.78, 5) is 12.4. The van der Waals surface area contributed by atoms with Crippen LogP contribution in [-0.2, 0) is 4.79 Å². The van der Waals surface area contributed by atoms with Crippen LogP contribution in [-0.4, -0.2) is 34.9 Å². The van der Waals surface area contributed by atoms with Crippen molar-refractivity contribution < 1.29 is 15.0 Å². The number of hydrogen-bond donors (Lipinski definition) is 3. The summed E-state index contributed by atoms with van der Waals surface area (Å²) in [5.41, 5.74) is 0. The van der Waals surface area contributed by atoms with Crippen LogP contribution in [0.3, 0.4) is 0 Å². The van der Waals surface area contributed by atoms with E-state index in [0.29, 0.717) is 6.42 Å². The molecule has 0 aliphatic carbocycles. The number of aliphatic hydroxyl groups excluding tert-OH is 2. The third-order valence-electron chi connectivity index (χ3n) is 9.67. The van der Waals surface area contributed by atoms with E-state index in [1.165, 1.54) is 128 Å². The fraction of sp³-hybridized carbons (Fsp3) is 0.729. The van der Waals surface area contributed by atoms with E-state index in [1.807, 2.05) is 6.08 Å². The zero-order chi connectivity index (χ0) is 37.8. The average molecular weight is 724 g/mol. The van der Waals surface area contributed by atoms with Crippen molar-refractivity contribution in [2.45, 2.75) is 219 Å². The van der Waals surface area contributed by atoms with Gasteiger partial charge in [0.1, 0.15) is 0 Å². The molecule has 2 unspecified atom stereocenters. The van der Waals surface area contributed by atoms with Gasteiger partial charge in [-0.2, -0.15) is 0 Å². The predicted octanol–water partition coefficient (Wildman–Crippen LogP) is 13.9. The predicted molar refractivity (Wildman–Crippen MR) is 230 cm³/mol. The summed E-state index contributed by atoms with van der Waals surface area (Å²) < 4.78 is 0. The van der Waals surface area contributed by atoms with Crippen molar-refractivity contribution >= 4 is 5.91 Å². The largest absolute Gasteiger partial charge is 0.394 e. The molecule has 0 rings (SSSR count). The maximum atomic E-state index is 12.4. The number of nitrogens with one attached hydrogen (secondary N) is 1. The summed E-state index contributed by atoms with van der Waals surface area (Å²) >= 11 is 0. The highest BCUT2D eigenvalue weighted by atomic mass is 16.3. The summed E-state index contributed by atoms with van der Waals surface area (Å²) in [6.07, 6.45) is 61.5. The number of allylic oxidation sites excluding steroid dienone is 11. The molecule has 1 amide bonds. The Kier molecular flexibility index (Phi) is 41.4. The SMILES string of the molecule is CC/C=C\C/C=C\C/C=C\C/C=C\CCCCCCCCCCCCC(=O)NC(CO)C(O)/C=C/CC/C=C/CCCCCCCCCCCCC. The minimum absolute atomic E-state index is 0.0814. The summed E-state index contributed by atoms with van der Waals surface area (Å²) in [6, 6.07) is -0.644. The van der Waals surface area contributed by atoms with Crippen molar-refractivity contribution in [1.29, 1.82) is 0 Å². The second-order valence-electron chi connectivity index (χ2n) is 14.7. The fourth-order valence-corrected chi connectivity index (χ4v) is 6.30. The third kappa shape index (κ3) is 39.0. The molecule has 4 nitrogen and oxygen atoms in total. The molecule has 0 aromatic carbocycles. The van der Waals surface area contributed by atoms with Crippen molar-refractivity contribution in [3.63, 3.8) is 0 Å². The minimum Gasteiger partial charge on any atom is -0.394 e. The van der Waals surface area contributed by atoms with Gasteiger partial charge >= 0.3 is 0 Å². The lowest BCUT2D eigenvalue weighted by molar-refractivity contribution is -0.123. The topological polar surface area (TPSA) is 69.6 Å². The van der Waals surface area contributed by atoms with Crippen molar-refractivity contribution in [3.8, 4) is 0 Å². The van der Waals surface area contributed by atoms with Crippen molar-refractivity contribution in [2.24, 2.45) is 0 Å². The minimum atomic E-state index is -0.867. The number of carbonyl (C=O) groups excluding carboxylic acids is 1. The van der Waals surface area contributed by atoms with Crippen LogP contribution in [0.1, 0.15) is 206 Å². The summed E-state index contributed by atoms with van der Waals surface area (Å²) in [6.45, 7) is 4.18. The van der Waals surface area contributed by atoms with E-state index in [-0.39, 0.29) is 12.5 Å². The molecule has 0 aliphatic heterocycles. The van der Waals surface area contributed by atoms with Crippen LogP contribution in [0.5, 0.6) is 0 Å². The Morgan fingerprint density at radius 1 is 0.481 bits per heavy atom. The molecule has 0 radical (unpaired) electrons. The molecular weight excluding hydrogens is 639 g/mol. The number of carbonyl (C=O) groups is 1. The van der Waals surface area contributed by atoms with Gasteiger partial charge in [-0.1, -0.05) is 202 Å². The van der Waals surface area contributed by atoms with Crippen LogP contribution < -0.4 is 5.32 Å². The standard InChI is InChI=1S/C48H85NO3/c1-3-5-7-9-11-13-15-17-19-21-22-23-24-25-26-28-30-32-34-36-38-40-42-44-48(52)49-46(45-50)47(51)43-41-39-37-35-33-31-29-27-20-18-16-14-12-10-8-6-4-2/h5,7,11,13,17,19,22-23,33,35,41,43,46-47,50-51H,3-4,6,8-10,12,14-16,18,20-21,24-32,34,36-40,42,44-45H2,1-2H3,(H,49,52)/b7-5-,13-11-,19-17-,23-22-,35-33+,43-41+. The summed E-state index contributed by atoms with van der Waals surface area (Å²) in [5.74, 6) is -0.0814. The molecular formula is C48H85NO3. The van der Waals surface area contributed by atoms with Gasteiger partial charge in [0.15, 0.2) is 0 Å². The van der Waals surface area contributed by atoms with E-state index in [9.17, 15) is 15.0 Å². The van der Waals surface area contributed by atoms with Crippen molar-refractivity contribution in [3.05, 3.63) is 72.9 Å². The number of rotatable bonds is 39. The molecule has 0 fully saturated rings. The van der Waals surface area contributed by atoms with E-state index in [1.54, 1.807) is 6.08 Å². The van der Waals surface area contributed by atoms with Gasteiger partial charge in [-0.15, -0.1) is 0 Å². The zero-order valence-corrected chi connectivity index (χ0v) is 34.3. The normalized spacial score (nSPS) is 13.7. The number of unbranched alkanes of at least 4 members (excludes halogenated alkanes) is 22. The molecule has 0 aromatic rings. The first kappa shape index (κ1) is 49.8. The van der Waals surface area contributed by atoms with Gasteiger partial charge in [0.2, 0.25) is 5.91 Å². The Morgan fingerprint density at radius 3 is 1.35 bits per heavy atom. The highest BCUT2D eigenvalue weighted by Gasteiger charge is 2.17. The van der Waals surface area contributed by atoms with E-state index < -0.39 is 12.1 Å². The monoisotopic (exact) mass is 724 g/mol. The first-order valence-corrected chi connectivity index (χ1v) is 22.2. The van der Waals surface area contributed by atoms with E-state index in [0.717, 1.165) is 57.8 Å². The molecule has 0 bridgehead atoms. The van der Waals surface area contributed by atoms with Gasteiger partial charge in [-0.25, -0.2) is 0 Å².